The third-order valence-electron chi connectivity index (χ3n) is 4.23. The molecule has 1 aromatic carbocycles. The molecule has 0 saturated heterocycles. The Bertz CT molecular complexity index is 753. The molecule has 168 valence electrons. The van der Waals surface area contributed by atoms with E-state index >= 15 is 0 Å². The monoisotopic (exact) mass is 419 g/mol. The Morgan fingerprint density at radius 2 is 1.60 bits per heavy atom. The van der Waals surface area contributed by atoms with E-state index in [-0.39, 0.29) is 23.9 Å². The van der Waals surface area contributed by atoms with Crippen LogP contribution >= 0.6 is 0 Å². The van der Waals surface area contributed by atoms with Gasteiger partial charge >= 0.3 is 6.09 Å². The molecule has 0 aliphatic heterocycles. The van der Waals surface area contributed by atoms with Gasteiger partial charge in [-0.3, -0.25) is 9.59 Å². The number of alkyl carbamates (subject to hydrolysis) is 1. The average Bonchev–Trinajstić information content (AvgIpc) is 2.55. The van der Waals surface area contributed by atoms with Gasteiger partial charge in [0.1, 0.15) is 17.7 Å². The molecule has 7 heteroatoms. The molecule has 0 fully saturated rings. The average molecular weight is 420 g/mol. The molecule has 1 rings (SSSR count). The maximum atomic E-state index is 13.4. The summed E-state index contributed by atoms with van der Waals surface area (Å²) in [5.41, 5.74) is 1.04. The molecule has 30 heavy (non-hydrogen) atoms. The Kier molecular flexibility index (Phi) is 8.88. The lowest BCUT2D eigenvalue weighted by Gasteiger charge is -2.37. The number of hydrogen-bond acceptors (Lipinski definition) is 4. The topological polar surface area (TPSA) is 87.7 Å². The lowest BCUT2D eigenvalue weighted by molar-refractivity contribution is -0.144. The van der Waals surface area contributed by atoms with Crippen molar-refractivity contribution in [3.63, 3.8) is 0 Å². The smallest absolute Gasteiger partial charge is 0.408 e. The molecule has 7 nitrogen and oxygen atoms in total. The number of carbonyl (C=O) groups excluding carboxylic acids is 3. The second kappa shape index (κ2) is 10.5. The van der Waals surface area contributed by atoms with Crippen LogP contribution in [0.2, 0.25) is 0 Å². The number of nitrogens with one attached hydrogen (secondary N) is 2. The summed E-state index contributed by atoms with van der Waals surface area (Å²) in [7, 11) is 0. The molecular weight excluding hydrogens is 382 g/mol. The number of carbonyl (C=O) groups is 3. The number of benzene rings is 1. The molecule has 1 aromatic rings. The number of aryl methyl sites for hydroxylation is 1. The first kappa shape index (κ1) is 25.5. The van der Waals surface area contributed by atoms with Crippen LogP contribution in [0.25, 0.3) is 0 Å². The second-order valence-corrected chi connectivity index (χ2v) is 9.19. The van der Waals surface area contributed by atoms with Crippen molar-refractivity contribution in [2.45, 2.75) is 92.1 Å². The molecular formula is C23H37N3O4. The van der Waals surface area contributed by atoms with Crippen molar-refractivity contribution in [1.82, 2.24) is 15.5 Å². The molecule has 0 bridgehead atoms. The standard InChI is InChI=1S/C23H37N3O4/c1-14(2)24-20(27)19(18-12-10-11-16(5)13-18)26(15(3)4)21(28)17(6)25-22(29)30-23(7,8)9/h10-15,17,19H,1-9H3,(H,24,27)(H,25,29). The van der Waals surface area contributed by atoms with Crippen LogP contribution in [0.3, 0.4) is 0 Å². The van der Waals surface area contributed by atoms with Gasteiger partial charge in [-0.25, -0.2) is 4.79 Å². The van der Waals surface area contributed by atoms with Crippen molar-refractivity contribution >= 4 is 17.9 Å². The summed E-state index contributed by atoms with van der Waals surface area (Å²) in [5, 5.41) is 5.50. The fourth-order valence-electron chi connectivity index (χ4n) is 3.09. The van der Waals surface area contributed by atoms with Gasteiger partial charge in [0.25, 0.3) is 0 Å². The van der Waals surface area contributed by atoms with Gasteiger partial charge in [-0.05, 0) is 67.9 Å². The highest BCUT2D eigenvalue weighted by atomic mass is 16.6. The predicted octanol–water partition coefficient (Wildman–Crippen LogP) is 3.71. The first-order valence-electron chi connectivity index (χ1n) is 10.4. The summed E-state index contributed by atoms with van der Waals surface area (Å²) in [6.07, 6.45) is -0.675. The van der Waals surface area contributed by atoms with Gasteiger partial charge in [0, 0.05) is 12.1 Å². The summed E-state index contributed by atoms with van der Waals surface area (Å²) in [5.74, 6) is -0.622. The number of amides is 3. The lowest BCUT2D eigenvalue weighted by atomic mass is 9.99. The number of nitrogens with zero attached hydrogens (tertiary/aromatic N) is 1. The molecule has 0 spiro atoms. The third kappa shape index (κ3) is 7.69. The summed E-state index contributed by atoms with van der Waals surface area (Å²) >= 11 is 0. The van der Waals surface area contributed by atoms with Crippen molar-refractivity contribution in [2.24, 2.45) is 0 Å². The minimum absolute atomic E-state index is 0.0776. The fraction of sp³-hybridized carbons (Fsp3) is 0.609. The van der Waals surface area contributed by atoms with Crippen LogP contribution in [0, 0.1) is 6.92 Å². The molecule has 0 heterocycles. The molecule has 0 aromatic heterocycles. The molecule has 0 radical (unpaired) electrons. The van der Waals surface area contributed by atoms with Crippen LogP contribution in [0.15, 0.2) is 24.3 Å². The van der Waals surface area contributed by atoms with E-state index in [1.165, 1.54) is 4.90 Å². The van der Waals surface area contributed by atoms with Gasteiger partial charge in [0.2, 0.25) is 11.8 Å². The first-order valence-corrected chi connectivity index (χ1v) is 10.4. The van der Waals surface area contributed by atoms with E-state index in [2.05, 4.69) is 10.6 Å². The van der Waals surface area contributed by atoms with Crippen molar-refractivity contribution in [1.29, 1.82) is 0 Å². The van der Waals surface area contributed by atoms with E-state index < -0.39 is 23.8 Å². The summed E-state index contributed by atoms with van der Waals surface area (Å²) in [6, 6.07) is 5.52. The van der Waals surface area contributed by atoms with Crippen LogP contribution in [0.1, 0.15) is 72.6 Å². The van der Waals surface area contributed by atoms with Crippen LogP contribution < -0.4 is 10.6 Å². The summed E-state index contributed by atoms with van der Waals surface area (Å²) in [4.78, 5) is 40.2. The maximum Gasteiger partial charge on any atom is 0.408 e. The number of ether oxygens (including phenoxy) is 1. The van der Waals surface area contributed by atoms with Crippen LogP contribution in [0.4, 0.5) is 4.79 Å². The Morgan fingerprint density at radius 3 is 2.07 bits per heavy atom. The Hall–Kier alpha value is -2.57. The number of rotatable bonds is 7. The SMILES string of the molecule is Cc1cccc(C(C(=O)NC(C)C)N(C(=O)C(C)NC(=O)OC(C)(C)C)C(C)C)c1. The maximum absolute atomic E-state index is 13.4. The van der Waals surface area contributed by atoms with Crippen LogP contribution in [0.5, 0.6) is 0 Å². The van der Waals surface area contributed by atoms with Crippen molar-refractivity contribution < 1.29 is 19.1 Å². The molecule has 2 N–H and O–H groups in total. The van der Waals surface area contributed by atoms with Gasteiger partial charge in [-0.1, -0.05) is 29.8 Å². The molecule has 2 unspecified atom stereocenters. The van der Waals surface area contributed by atoms with E-state index in [4.69, 9.17) is 4.74 Å². The highest BCUT2D eigenvalue weighted by Gasteiger charge is 2.36. The van der Waals surface area contributed by atoms with E-state index in [1.54, 1.807) is 27.7 Å². The van der Waals surface area contributed by atoms with Gasteiger partial charge < -0.3 is 20.3 Å². The largest absolute Gasteiger partial charge is 0.444 e. The molecule has 2 atom stereocenters. The zero-order valence-corrected chi connectivity index (χ0v) is 19.7. The highest BCUT2D eigenvalue weighted by Crippen LogP contribution is 2.26. The molecule has 0 aliphatic carbocycles. The summed E-state index contributed by atoms with van der Waals surface area (Å²) < 4.78 is 5.26. The van der Waals surface area contributed by atoms with Gasteiger partial charge in [0.05, 0.1) is 0 Å². The van der Waals surface area contributed by atoms with E-state index in [0.717, 1.165) is 11.1 Å². The van der Waals surface area contributed by atoms with E-state index in [1.807, 2.05) is 58.9 Å². The normalized spacial score (nSPS) is 13.6. The highest BCUT2D eigenvalue weighted by molar-refractivity contribution is 5.92. The third-order valence-corrected chi connectivity index (χ3v) is 4.23. The Labute approximate surface area is 180 Å². The number of hydrogen-bond donors (Lipinski definition) is 2. The summed E-state index contributed by atoms with van der Waals surface area (Å²) in [6.45, 7) is 16.2. The quantitative estimate of drug-likeness (QED) is 0.705. The van der Waals surface area contributed by atoms with Crippen LogP contribution in [-0.2, 0) is 14.3 Å². The van der Waals surface area contributed by atoms with Gasteiger partial charge in [0.15, 0.2) is 0 Å². The second-order valence-electron chi connectivity index (χ2n) is 9.19. The molecule has 3 amide bonds. The van der Waals surface area contributed by atoms with Crippen molar-refractivity contribution in [3.8, 4) is 0 Å². The minimum atomic E-state index is -0.860. The van der Waals surface area contributed by atoms with Crippen molar-refractivity contribution in [2.75, 3.05) is 0 Å². The predicted molar refractivity (Wildman–Crippen MR) is 118 cm³/mol. The Morgan fingerprint density at radius 1 is 1.00 bits per heavy atom. The van der Waals surface area contributed by atoms with E-state index in [9.17, 15) is 14.4 Å². The van der Waals surface area contributed by atoms with Gasteiger partial charge in [-0.15, -0.1) is 0 Å². The Balaban J connectivity index is 3.25. The minimum Gasteiger partial charge on any atom is -0.444 e. The zero-order chi connectivity index (χ0) is 23.2. The molecule has 0 saturated carbocycles. The van der Waals surface area contributed by atoms with Gasteiger partial charge in [-0.2, -0.15) is 0 Å². The fourth-order valence-corrected chi connectivity index (χ4v) is 3.09. The first-order chi connectivity index (χ1) is 13.7. The van der Waals surface area contributed by atoms with E-state index in [0.29, 0.717) is 0 Å². The molecule has 0 aliphatic rings. The lowest BCUT2D eigenvalue weighted by Crippen LogP contribution is -2.54. The van der Waals surface area contributed by atoms with Crippen molar-refractivity contribution in [3.05, 3.63) is 35.4 Å². The zero-order valence-electron chi connectivity index (χ0n) is 19.7. The van der Waals surface area contributed by atoms with Crippen LogP contribution in [-0.4, -0.2) is 46.5 Å².